The first-order valence-corrected chi connectivity index (χ1v) is 19.5. The average molecular weight is 686 g/mol. The van der Waals surface area contributed by atoms with Crippen molar-refractivity contribution in [2.24, 2.45) is 0 Å². The molecule has 0 aromatic heterocycles. The molecule has 0 radical (unpaired) electrons. The van der Waals surface area contributed by atoms with E-state index in [1.54, 1.807) is 0 Å². The average Bonchev–Trinajstić information content (AvgIpc) is 3.21. The molecular weight excluding hydrogens is 639 g/mol. The maximum Gasteiger partial charge on any atom is 0.0540 e. The highest BCUT2D eigenvalue weighted by atomic mass is 15.1. The fourth-order valence-electron chi connectivity index (χ4n) is 8.89. The first-order chi connectivity index (χ1) is 25.9. The van der Waals surface area contributed by atoms with Gasteiger partial charge in [-0.25, -0.2) is 0 Å². The van der Waals surface area contributed by atoms with E-state index in [0.717, 1.165) is 11.4 Å². The largest absolute Gasteiger partial charge is 0.310 e. The van der Waals surface area contributed by atoms with Crippen LogP contribution in [0, 0.1) is 0 Å². The molecule has 0 unspecified atom stereocenters. The summed E-state index contributed by atoms with van der Waals surface area (Å²) in [4.78, 5) is 2.48. The number of para-hydroxylation sites is 1. The predicted octanol–water partition coefficient (Wildman–Crippen LogP) is 15.3. The minimum atomic E-state index is 0.0677. The molecule has 1 heteroatoms. The highest BCUT2D eigenvalue weighted by Crippen LogP contribution is 2.46. The van der Waals surface area contributed by atoms with E-state index in [0.29, 0.717) is 5.92 Å². The molecule has 0 saturated heterocycles. The fraction of sp³-hybridized carbons (Fsp3) is 0.192. The van der Waals surface area contributed by atoms with E-state index in [1.165, 1.54) is 103 Å². The molecule has 9 rings (SSSR count). The number of fused-ring (bicyclic) bond motifs is 4. The Morgan fingerprint density at radius 1 is 0.472 bits per heavy atom. The molecule has 1 nitrogen and oxygen atoms in total. The molecule has 8 aromatic carbocycles. The molecule has 0 amide bonds. The lowest BCUT2D eigenvalue weighted by molar-refractivity contribution is 0.445. The Bertz CT molecular complexity index is 2570. The zero-order valence-corrected chi connectivity index (χ0v) is 31.1. The smallest absolute Gasteiger partial charge is 0.0540 e. The summed E-state index contributed by atoms with van der Waals surface area (Å²) in [5.74, 6) is 0.608. The molecule has 1 fully saturated rings. The summed E-state index contributed by atoms with van der Waals surface area (Å²) in [6.45, 7) is 6.86. The van der Waals surface area contributed by atoms with E-state index < -0.39 is 0 Å². The molecule has 8 aromatic rings. The van der Waals surface area contributed by atoms with Crippen LogP contribution in [0.15, 0.2) is 164 Å². The molecule has 260 valence electrons. The number of hydrogen-bond donors (Lipinski definition) is 0. The number of benzene rings is 8. The van der Waals surface area contributed by atoms with Crippen LogP contribution < -0.4 is 4.90 Å². The minimum absolute atomic E-state index is 0.0677. The first kappa shape index (κ1) is 33.2. The van der Waals surface area contributed by atoms with Crippen LogP contribution >= 0.6 is 0 Å². The van der Waals surface area contributed by atoms with Crippen LogP contribution in [0.1, 0.15) is 69.9 Å². The van der Waals surface area contributed by atoms with Gasteiger partial charge < -0.3 is 4.90 Å². The van der Waals surface area contributed by atoms with Crippen molar-refractivity contribution in [2.75, 3.05) is 4.90 Å². The Morgan fingerprint density at radius 2 is 1.13 bits per heavy atom. The van der Waals surface area contributed by atoms with Crippen LogP contribution in [0.5, 0.6) is 0 Å². The molecule has 0 heterocycles. The van der Waals surface area contributed by atoms with Gasteiger partial charge in [0.1, 0.15) is 0 Å². The van der Waals surface area contributed by atoms with Crippen molar-refractivity contribution in [3.05, 3.63) is 175 Å². The predicted molar refractivity (Wildman–Crippen MR) is 229 cm³/mol. The maximum atomic E-state index is 2.48. The van der Waals surface area contributed by atoms with Crippen molar-refractivity contribution in [1.29, 1.82) is 0 Å². The Kier molecular flexibility index (Phi) is 8.59. The van der Waals surface area contributed by atoms with Crippen LogP contribution in [0.2, 0.25) is 0 Å². The quantitative estimate of drug-likeness (QED) is 0.158. The summed E-state index contributed by atoms with van der Waals surface area (Å²) >= 11 is 0. The van der Waals surface area contributed by atoms with Crippen LogP contribution in [-0.2, 0) is 5.41 Å². The molecule has 0 spiro atoms. The zero-order chi connectivity index (χ0) is 35.9. The SMILES string of the molecule is CC(C)(C)c1ccc(N(c2cccc(-c3cccc4c3ccc3ccccc34)c2)c2ccccc2-c2cccc3cccc(C4CCCCC4)c23)cc1. The molecular formula is C52H47N. The normalized spacial score (nSPS) is 13.9. The van der Waals surface area contributed by atoms with Crippen LogP contribution in [0.3, 0.4) is 0 Å². The van der Waals surface area contributed by atoms with E-state index in [1.807, 2.05) is 0 Å². The third-order valence-electron chi connectivity index (χ3n) is 11.6. The first-order valence-electron chi connectivity index (χ1n) is 19.5. The van der Waals surface area contributed by atoms with Crippen molar-refractivity contribution in [2.45, 2.75) is 64.2 Å². The summed E-state index contributed by atoms with van der Waals surface area (Å²) in [6.07, 6.45) is 6.55. The third kappa shape index (κ3) is 6.19. The molecule has 0 N–H and O–H groups in total. The molecule has 0 atom stereocenters. The van der Waals surface area contributed by atoms with Gasteiger partial charge in [-0.2, -0.15) is 0 Å². The molecule has 1 saturated carbocycles. The highest BCUT2D eigenvalue weighted by molar-refractivity contribution is 6.12. The Hall–Kier alpha value is -5.66. The van der Waals surface area contributed by atoms with Gasteiger partial charge in [0.05, 0.1) is 5.69 Å². The minimum Gasteiger partial charge on any atom is -0.310 e. The van der Waals surface area contributed by atoms with Gasteiger partial charge in [0.25, 0.3) is 0 Å². The lowest BCUT2D eigenvalue weighted by atomic mass is 9.80. The Labute approximate surface area is 314 Å². The van der Waals surface area contributed by atoms with Gasteiger partial charge in [0.15, 0.2) is 0 Å². The van der Waals surface area contributed by atoms with Crippen molar-refractivity contribution in [3.8, 4) is 22.3 Å². The molecule has 1 aliphatic carbocycles. The van der Waals surface area contributed by atoms with Gasteiger partial charge in [0, 0.05) is 16.9 Å². The van der Waals surface area contributed by atoms with Gasteiger partial charge in [-0.3, -0.25) is 0 Å². The summed E-state index contributed by atoms with van der Waals surface area (Å²) in [5, 5.41) is 7.86. The summed E-state index contributed by atoms with van der Waals surface area (Å²) in [5.41, 5.74) is 11.4. The van der Waals surface area contributed by atoms with Gasteiger partial charge in [-0.05, 0) is 115 Å². The van der Waals surface area contributed by atoms with Crippen molar-refractivity contribution >= 4 is 49.4 Å². The Morgan fingerprint density at radius 3 is 1.96 bits per heavy atom. The van der Waals surface area contributed by atoms with E-state index in [2.05, 4.69) is 189 Å². The Balaban J connectivity index is 1.25. The molecule has 53 heavy (non-hydrogen) atoms. The number of rotatable bonds is 6. The molecule has 0 bridgehead atoms. The second-order valence-corrected chi connectivity index (χ2v) is 16.0. The standard InChI is InChI=1S/C52H47N/c1-52(2,3)40-30-32-41(33-31-40)53(42-21-11-20-39(35-42)44-24-14-26-46-43-22-8-7-17-37(43)29-34-47(44)46)50-28-10-9-23-48(50)49-27-13-19-38-18-12-25-45(51(38)49)36-15-5-4-6-16-36/h7-14,17-36H,4-6,15-16H2,1-3H3. The monoisotopic (exact) mass is 685 g/mol. The second kappa shape index (κ2) is 13.7. The lowest BCUT2D eigenvalue weighted by Gasteiger charge is -2.30. The second-order valence-electron chi connectivity index (χ2n) is 16.0. The molecule has 0 aliphatic heterocycles. The third-order valence-corrected chi connectivity index (χ3v) is 11.6. The summed E-state index contributed by atoms with van der Waals surface area (Å²) < 4.78 is 0. The van der Waals surface area contributed by atoms with E-state index >= 15 is 0 Å². The van der Waals surface area contributed by atoms with Crippen LogP contribution in [0.4, 0.5) is 17.1 Å². The van der Waals surface area contributed by atoms with Crippen molar-refractivity contribution < 1.29 is 0 Å². The molecule has 1 aliphatic rings. The van der Waals surface area contributed by atoms with Crippen LogP contribution in [-0.4, -0.2) is 0 Å². The fourth-order valence-corrected chi connectivity index (χ4v) is 8.89. The van der Waals surface area contributed by atoms with Crippen molar-refractivity contribution in [1.82, 2.24) is 0 Å². The highest BCUT2D eigenvalue weighted by Gasteiger charge is 2.23. The number of anilines is 3. The topological polar surface area (TPSA) is 3.24 Å². The van der Waals surface area contributed by atoms with Gasteiger partial charge >= 0.3 is 0 Å². The number of hydrogen-bond acceptors (Lipinski definition) is 1. The van der Waals surface area contributed by atoms with Gasteiger partial charge in [-0.1, -0.05) is 173 Å². The zero-order valence-electron chi connectivity index (χ0n) is 31.1. The van der Waals surface area contributed by atoms with Crippen molar-refractivity contribution in [3.63, 3.8) is 0 Å². The number of nitrogens with zero attached hydrogens (tertiary/aromatic N) is 1. The van der Waals surface area contributed by atoms with E-state index in [9.17, 15) is 0 Å². The summed E-state index contributed by atoms with van der Waals surface area (Å²) in [7, 11) is 0. The van der Waals surface area contributed by atoms with E-state index in [-0.39, 0.29) is 5.41 Å². The van der Waals surface area contributed by atoms with E-state index in [4.69, 9.17) is 0 Å². The summed E-state index contributed by atoms with van der Waals surface area (Å²) in [6, 6.07) is 61.3. The van der Waals surface area contributed by atoms with Crippen LogP contribution in [0.25, 0.3) is 54.6 Å². The van der Waals surface area contributed by atoms with Gasteiger partial charge in [0.2, 0.25) is 0 Å². The van der Waals surface area contributed by atoms with Gasteiger partial charge in [-0.15, -0.1) is 0 Å². The maximum absolute atomic E-state index is 2.48. The lowest BCUT2D eigenvalue weighted by Crippen LogP contribution is -2.14.